The molecule has 0 unspecified atom stereocenters. The summed E-state index contributed by atoms with van der Waals surface area (Å²) in [6.07, 6.45) is 2.56. The van der Waals surface area contributed by atoms with Crippen molar-refractivity contribution in [2.75, 3.05) is 31.0 Å². The highest BCUT2D eigenvalue weighted by Gasteiger charge is 2.18. The SMILES string of the molecule is CNc1nc(Nc2cc(OC)cc(S(C)(=O)=O)c2)ncc1-c1n[nH]c2c(F)c(F)ccc12. The Balaban J connectivity index is 1.74. The number of anilines is 3. The van der Waals surface area contributed by atoms with Gasteiger partial charge in [0.2, 0.25) is 5.95 Å². The van der Waals surface area contributed by atoms with Gasteiger partial charge in [-0.2, -0.15) is 10.1 Å². The maximum Gasteiger partial charge on any atom is 0.229 e. The van der Waals surface area contributed by atoms with E-state index in [0.717, 1.165) is 12.3 Å². The van der Waals surface area contributed by atoms with Crippen LogP contribution in [-0.4, -0.2) is 49.0 Å². The fourth-order valence-corrected chi connectivity index (χ4v) is 3.82. The third-order valence-corrected chi connectivity index (χ3v) is 5.80. The number of nitrogens with one attached hydrogen (secondary N) is 3. The number of ether oxygens (including phenoxy) is 1. The second kappa shape index (κ2) is 8.04. The molecule has 2 aromatic heterocycles. The number of hydrogen-bond acceptors (Lipinski definition) is 8. The maximum absolute atomic E-state index is 14.0. The zero-order chi connectivity index (χ0) is 23.0. The number of methoxy groups -OCH3 is 1. The summed E-state index contributed by atoms with van der Waals surface area (Å²) in [5, 5.41) is 12.8. The normalized spacial score (nSPS) is 11.5. The number of sulfone groups is 1. The Hall–Kier alpha value is -3.80. The van der Waals surface area contributed by atoms with Gasteiger partial charge in [0, 0.05) is 36.6 Å². The Morgan fingerprint density at radius 2 is 1.94 bits per heavy atom. The molecule has 0 radical (unpaired) electrons. The predicted octanol–water partition coefficient (Wildman–Crippen LogP) is 3.50. The van der Waals surface area contributed by atoms with Crippen molar-refractivity contribution in [3.8, 4) is 17.0 Å². The van der Waals surface area contributed by atoms with E-state index < -0.39 is 21.5 Å². The van der Waals surface area contributed by atoms with Gasteiger partial charge >= 0.3 is 0 Å². The Morgan fingerprint density at radius 1 is 1.16 bits per heavy atom. The van der Waals surface area contributed by atoms with Gasteiger partial charge in [-0.3, -0.25) is 5.10 Å². The van der Waals surface area contributed by atoms with Gasteiger partial charge in [0.25, 0.3) is 0 Å². The predicted molar refractivity (Wildman–Crippen MR) is 116 cm³/mol. The summed E-state index contributed by atoms with van der Waals surface area (Å²) in [6, 6.07) is 6.89. The van der Waals surface area contributed by atoms with E-state index in [-0.39, 0.29) is 16.4 Å². The third kappa shape index (κ3) is 3.91. The fourth-order valence-electron chi connectivity index (χ4n) is 3.15. The average Bonchev–Trinajstić information content (AvgIpc) is 3.20. The molecule has 32 heavy (non-hydrogen) atoms. The van der Waals surface area contributed by atoms with Crippen molar-refractivity contribution in [2.45, 2.75) is 4.90 Å². The highest BCUT2D eigenvalue weighted by atomic mass is 32.2. The van der Waals surface area contributed by atoms with Crippen LogP contribution in [0.3, 0.4) is 0 Å². The molecule has 0 saturated heterocycles. The minimum Gasteiger partial charge on any atom is -0.497 e. The summed E-state index contributed by atoms with van der Waals surface area (Å²) < 4.78 is 56.6. The van der Waals surface area contributed by atoms with E-state index in [9.17, 15) is 17.2 Å². The first-order chi connectivity index (χ1) is 15.2. The number of fused-ring (bicyclic) bond motifs is 1. The topological polar surface area (TPSA) is 122 Å². The van der Waals surface area contributed by atoms with Gasteiger partial charge in [0.15, 0.2) is 21.5 Å². The number of nitrogens with zero attached hydrogens (tertiary/aromatic N) is 3. The number of aromatic nitrogens is 4. The Labute approximate surface area is 181 Å². The standard InChI is InChI=1S/C20H18F2N6O3S/c1-23-19-14(17-13-4-5-15(21)16(22)18(13)28-27-17)9-24-20(26-19)25-10-6-11(31-2)8-12(7-10)32(3,29)30/h4-9H,1-3H3,(H,27,28)(H2,23,24,25,26). The fraction of sp³-hybridized carbons (Fsp3) is 0.150. The van der Waals surface area contributed by atoms with E-state index in [1.807, 2.05) is 0 Å². The molecule has 0 aliphatic carbocycles. The number of rotatable bonds is 6. The minimum absolute atomic E-state index is 0.0612. The number of hydrogen-bond donors (Lipinski definition) is 3. The van der Waals surface area contributed by atoms with Gasteiger partial charge < -0.3 is 15.4 Å². The average molecular weight is 460 g/mol. The van der Waals surface area contributed by atoms with E-state index in [2.05, 4.69) is 30.8 Å². The van der Waals surface area contributed by atoms with Crippen molar-refractivity contribution in [1.29, 1.82) is 0 Å². The molecule has 3 N–H and O–H groups in total. The van der Waals surface area contributed by atoms with Crippen LogP contribution in [0.1, 0.15) is 0 Å². The van der Waals surface area contributed by atoms with Gasteiger partial charge in [0.05, 0.1) is 17.6 Å². The number of aromatic amines is 1. The molecule has 9 nitrogen and oxygen atoms in total. The molecule has 166 valence electrons. The molecular formula is C20H18F2N6O3S. The van der Waals surface area contributed by atoms with E-state index in [1.165, 1.54) is 31.5 Å². The van der Waals surface area contributed by atoms with Gasteiger partial charge in [-0.1, -0.05) is 0 Å². The summed E-state index contributed by atoms with van der Waals surface area (Å²) >= 11 is 0. The van der Waals surface area contributed by atoms with Crippen molar-refractivity contribution < 1.29 is 21.9 Å². The molecule has 12 heteroatoms. The molecule has 0 aliphatic rings. The molecule has 0 spiro atoms. The van der Waals surface area contributed by atoms with Crippen LogP contribution in [0.25, 0.3) is 22.2 Å². The van der Waals surface area contributed by atoms with E-state index >= 15 is 0 Å². The number of halogens is 2. The van der Waals surface area contributed by atoms with Gasteiger partial charge in [-0.25, -0.2) is 22.2 Å². The van der Waals surface area contributed by atoms with Crippen molar-refractivity contribution in [3.63, 3.8) is 0 Å². The molecular weight excluding hydrogens is 442 g/mol. The Morgan fingerprint density at radius 3 is 2.62 bits per heavy atom. The smallest absolute Gasteiger partial charge is 0.229 e. The van der Waals surface area contributed by atoms with Crippen molar-refractivity contribution in [1.82, 2.24) is 20.2 Å². The van der Waals surface area contributed by atoms with Crippen LogP contribution in [0.2, 0.25) is 0 Å². The van der Waals surface area contributed by atoms with Gasteiger partial charge in [-0.15, -0.1) is 0 Å². The second-order valence-electron chi connectivity index (χ2n) is 6.86. The largest absolute Gasteiger partial charge is 0.497 e. The Bertz CT molecular complexity index is 1440. The summed E-state index contributed by atoms with van der Waals surface area (Å²) in [5.74, 6) is -1.12. The third-order valence-electron chi connectivity index (χ3n) is 4.71. The summed E-state index contributed by atoms with van der Waals surface area (Å²) in [5.41, 5.74) is 1.14. The van der Waals surface area contributed by atoms with Crippen LogP contribution in [0.15, 0.2) is 41.4 Å². The highest BCUT2D eigenvalue weighted by Crippen LogP contribution is 2.33. The van der Waals surface area contributed by atoms with E-state index in [0.29, 0.717) is 33.9 Å². The van der Waals surface area contributed by atoms with Crippen LogP contribution < -0.4 is 15.4 Å². The first kappa shape index (κ1) is 21.4. The number of benzene rings is 2. The monoisotopic (exact) mass is 460 g/mol. The summed E-state index contributed by atoms with van der Waals surface area (Å²) in [7, 11) is -0.403. The lowest BCUT2D eigenvalue weighted by Gasteiger charge is -2.12. The van der Waals surface area contributed by atoms with Crippen molar-refractivity contribution in [3.05, 3.63) is 48.2 Å². The van der Waals surface area contributed by atoms with E-state index in [4.69, 9.17) is 4.74 Å². The molecule has 0 bridgehead atoms. The lowest BCUT2D eigenvalue weighted by molar-refractivity contribution is 0.413. The van der Waals surface area contributed by atoms with Crippen LogP contribution in [0.4, 0.5) is 26.2 Å². The first-order valence-electron chi connectivity index (χ1n) is 9.24. The van der Waals surface area contributed by atoms with Gasteiger partial charge in [0.1, 0.15) is 22.8 Å². The molecule has 0 aliphatic heterocycles. The van der Waals surface area contributed by atoms with Crippen LogP contribution in [0, 0.1) is 11.6 Å². The van der Waals surface area contributed by atoms with E-state index in [1.54, 1.807) is 13.1 Å². The lowest BCUT2D eigenvalue weighted by Crippen LogP contribution is -2.04. The maximum atomic E-state index is 14.0. The first-order valence-corrected chi connectivity index (χ1v) is 11.1. The molecule has 2 aromatic carbocycles. The molecule has 0 atom stereocenters. The Kier molecular flexibility index (Phi) is 5.38. The van der Waals surface area contributed by atoms with Gasteiger partial charge in [-0.05, 0) is 24.3 Å². The van der Waals surface area contributed by atoms with Crippen molar-refractivity contribution >= 4 is 38.2 Å². The molecule has 4 aromatic rings. The summed E-state index contributed by atoms with van der Waals surface area (Å²) in [4.78, 5) is 8.72. The number of H-pyrrole nitrogens is 1. The summed E-state index contributed by atoms with van der Waals surface area (Å²) in [6.45, 7) is 0. The molecule has 4 rings (SSSR count). The zero-order valence-electron chi connectivity index (χ0n) is 17.2. The van der Waals surface area contributed by atoms with Crippen LogP contribution >= 0.6 is 0 Å². The minimum atomic E-state index is -3.47. The molecule has 2 heterocycles. The molecule has 0 amide bonds. The van der Waals surface area contributed by atoms with Crippen molar-refractivity contribution in [2.24, 2.45) is 0 Å². The second-order valence-corrected chi connectivity index (χ2v) is 8.87. The van der Waals surface area contributed by atoms with Crippen LogP contribution in [0.5, 0.6) is 5.75 Å². The highest BCUT2D eigenvalue weighted by molar-refractivity contribution is 7.90. The van der Waals surface area contributed by atoms with Crippen LogP contribution in [-0.2, 0) is 9.84 Å². The quantitative estimate of drug-likeness (QED) is 0.400. The lowest BCUT2D eigenvalue weighted by atomic mass is 10.1. The molecule has 0 fully saturated rings. The zero-order valence-corrected chi connectivity index (χ0v) is 18.0. The molecule has 0 saturated carbocycles.